The first-order chi connectivity index (χ1) is 11.3. The lowest BCUT2D eigenvalue weighted by Crippen LogP contribution is -2.18. The molecule has 0 saturated carbocycles. The highest BCUT2D eigenvalue weighted by Crippen LogP contribution is 2.21. The van der Waals surface area contributed by atoms with Crippen molar-refractivity contribution in [2.24, 2.45) is 0 Å². The lowest BCUT2D eigenvalue weighted by molar-refractivity contribution is 0.628. The van der Waals surface area contributed by atoms with Gasteiger partial charge in [-0.05, 0) is 31.2 Å². The summed E-state index contributed by atoms with van der Waals surface area (Å²) in [6, 6.07) is 6.39. The van der Waals surface area contributed by atoms with Gasteiger partial charge in [0.05, 0.1) is 11.9 Å². The van der Waals surface area contributed by atoms with Gasteiger partial charge in [-0.15, -0.1) is 10.2 Å². The fraction of sp³-hybridized carbons (Fsp3) is 0.312. The topological polar surface area (TPSA) is 71.4 Å². The van der Waals surface area contributed by atoms with Crippen LogP contribution < -0.4 is 5.32 Å². The molecule has 23 heavy (non-hydrogen) atoms. The first-order valence-corrected chi connectivity index (χ1v) is 7.63. The van der Waals surface area contributed by atoms with Crippen LogP contribution in [0.15, 0.2) is 36.8 Å². The van der Waals surface area contributed by atoms with Crippen LogP contribution in [0.25, 0.3) is 11.3 Å². The van der Waals surface area contributed by atoms with E-state index in [0.29, 0.717) is 6.54 Å². The maximum Gasteiger partial charge on any atom is 0.134 e. The second-order valence-electron chi connectivity index (χ2n) is 5.24. The van der Waals surface area contributed by atoms with Crippen molar-refractivity contribution in [1.29, 1.82) is 0 Å². The molecule has 3 aromatic rings. The molecule has 0 aliphatic carbocycles. The Kier molecular flexibility index (Phi) is 4.77. The molecule has 0 aliphatic rings. The molecule has 2 N–H and O–H groups in total. The lowest BCUT2D eigenvalue weighted by atomic mass is 10.1. The number of aryl methyl sites for hydroxylation is 1. The zero-order chi connectivity index (χ0) is 16.1. The largest absolute Gasteiger partial charge is 0.318 e. The van der Waals surface area contributed by atoms with Gasteiger partial charge in [0, 0.05) is 37.2 Å². The molecule has 2 aromatic heterocycles. The summed E-state index contributed by atoms with van der Waals surface area (Å²) in [6.07, 6.45) is 4.36. The van der Waals surface area contributed by atoms with Gasteiger partial charge in [0.25, 0.3) is 0 Å². The zero-order valence-corrected chi connectivity index (χ0v) is 13.0. The first kappa shape index (κ1) is 15.4. The van der Waals surface area contributed by atoms with E-state index in [1.54, 1.807) is 24.7 Å². The van der Waals surface area contributed by atoms with Gasteiger partial charge < -0.3 is 9.88 Å². The van der Waals surface area contributed by atoms with Gasteiger partial charge in [0.15, 0.2) is 0 Å². The number of hydrogen-bond donors (Lipinski definition) is 2. The van der Waals surface area contributed by atoms with Crippen molar-refractivity contribution in [2.75, 3.05) is 6.54 Å². The summed E-state index contributed by atoms with van der Waals surface area (Å²) in [6.45, 7) is 4.43. The number of nitrogens with zero attached hydrogens (tertiary/aromatic N) is 4. The number of nitrogens with one attached hydrogen (secondary N) is 2. The van der Waals surface area contributed by atoms with Crippen molar-refractivity contribution in [1.82, 2.24) is 30.3 Å². The van der Waals surface area contributed by atoms with E-state index < -0.39 is 0 Å². The van der Waals surface area contributed by atoms with E-state index in [9.17, 15) is 4.39 Å². The number of hydrogen-bond acceptors (Lipinski definition) is 4. The average Bonchev–Trinajstić information content (AvgIpc) is 3.21. The van der Waals surface area contributed by atoms with Crippen molar-refractivity contribution < 1.29 is 4.39 Å². The van der Waals surface area contributed by atoms with Gasteiger partial charge in [0.1, 0.15) is 18.0 Å². The molecule has 0 amide bonds. The van der Waals surface area contributed by atoms with Crippen LogP contribution in [0.3, 0.4) is 0 Å². The van der Waals surface area contributed by atoms with Crippen LogP contribution in [0.4, 0.5) is 4.39 Å². The van der Waals surface area contributed by atoms with Crippen LogP contribution in [-0.2, 0) is 19.5 Å². The van der Waals surface area contributed by atoms with E-state index in [-0.39, 0.29) is 5.82 Å². The smallest absolute Gasteiger partial charge is 0.134 e. The fourth-order valence-corrected chi connectivity index (χ4v) is 2.47. The molecule has 7 heteroatoms. The Labute approximate surface area is 133 Å². The zero-order valence-electron chi connectivity index (χ0n) is 13.0. The minimum atomic E-state index is -0.243. The maximum atomic E-state index is 13.0. The minimum absolute atomic E-state index is 0.243. The number of aromatic amines is 1. The van der Waals surface area contributed by atoms with E-state index in [0.717, 1.165) is 42.2 Å². The SMILES string of the molecule is CCn1cnnc1CCNCc1cn[nH]c1-c1ccc(F)cc1. The minimum Gasteiger partial charge on any atom is -0.318 e. The van der Waals surface area contributed by atoms with Gasteiger partial charge >= 0.3 is 0 Å². The molecule has 0 fully saturated rings. The number of H-pyrrole nitrogens is 1. The molecule has 3 rings (SSSR count). The molecule has 2 heterocycles. The number of rotatable bonds is 7. The summed E-state index contributed by atoms with van der Waals surface area (Å²) in [5.74, 6) is 0.735. The molecule has 0 atom stereocenters. The van der Waals surface area contributed by atoms with E-state index in [1.165, 1.54) is 12.1 Å². The third-order valence-corrected chi connectivity index (χ3v) is 3.73. The Morgan fingerprint density at radius 2 is 2.09 bits per heavy atom. The molecule has 0 unspecified atom stereocenters. The quantitative estimate of drug-likeness (QED) is 0.656. The Hall–Kier alpha value is -2.54. The molecule has 120 valence electrons. The van der Waals surface area contributed by atoms with Crippen molar-refractivity contribution in [3.63, 3.8) is 0 Å². The summed E-state index contributed by atoms with van der Waals surface area (Å²) in [5.41, 5.74) is 2.88. The second-order valence-corrected chi connectivity index (χ2v) is 5.24. The van der Waals surface area contributed by atoms with E-state index in [1.807, 2.05) is 4.57 Å². The molecule has 6 nitrogen and oxygen atoms in total. The molecule has 1 aromatic carbocycles. The van der Waals surface area contributed by atoms with Crippen LogP contribution in [0.1, 0.15) is 18.3 Å². The summed E-state index contributed by atoms with van der Waals surface area (Å²) in [4.78, 5) is 0. The molecule has 0 bridgehead atoms. The third-order valence-electron chi connectivity index (χ3n) is 3.73. The van der Waals surface area contributed by atoms with E-state index in [2.05, 4.69) is 32.6 Å². The molecule has 0 aliphatic heterocycles. The van der Waals surface area contributed by atoms with Gasteiger partial charge in [0.2, 0.25) is 0 Å². The first-order valence-electron chi connectivity index (χ1n) is 7.63. The number of halogens is 1. The van der Waals surface area contributed by atoms with Crippen molar-refractivity contribution in [3.05, 3.63) is 54.0 Å². The van der Waals surface area contributed by atoms with Crippen molar-refractivity contribution in [2.45, 2.75) is 26.4 Å². The van der Waals surface area contributed by atoms with Crippen molar-refractivity contribution >= 4 is 0 Å². The monoisotopic (exact) mass is 314 g/mol. The predicted octanol–water partition coefficient (Wildman–Crippen LogP) is 2.16. The van der Waals surface area contributed by atoms with Crippen LogP contribution >= 0.6 is 0 Å². The highest BCUT2D eigenvalue weighted by Gasteiger charge is 2.08. The standard InChI is InChI=1S/C16H19FN6/c1-2-23-11-20-21-15(23)7-8-18-9-13-10-19-22-16(13)12-3-5-14(17)6-4-12/h3-6,10-11,18H,2,7-9H2,1H3,(H,19,22). The molecule has 0 saturated heterocycles. The van der Waals surface area contributed by atoms with E-state index in [4.69, 9.17) is 0 Å². The normalized spacial score (nSPS) is 11.0. The van der Waals surface area contributed by atoms with Gasteiger partial charge in [-0.25, -0.2) is 4.39 Å². The summed E-state index contributed by atoms with van der Waals surface area (Å²) in [7, 11) is 0. The maximum absolute atomic E-state index is 13.0. The highest BCUT2D eigenvalue weighted by atomic mass is 19.1. The van der Waals surface area contributed by atoms with Gasteiger partial charge in [-0.2, -0.15) is 5.10 Å². The van der Waals surface area contributed by atoms with Crippen LogP contribution in [0.5, 0.6) is 0 Å². The predicted molar refractivity (Wildman–Crippen MR) is 85.1 cm³/mol. The average molecular weight is 314 g/mol. The van der Waals surface area contributed by atoms with Gasteiger partial charge in [-0.1, -0.05) is 0 Å². The summed E-state index contributed by atoms with van der Waals surface area (Å²) < 4.78 is 15.1. The van der Waals surface area contributed by atoms with E-state index >= 15 is 0 Å². The lowest BCUT2D eigenvalue weighted by Gasteiger charge is -2.06. The molecule has 0 radical (unpaired) electrons. The van der Waals surface area contributed by atoms with Crippen LogP contribution in [0.2, 0.25) is 0 Å². The second kappa shape index (κ2) is 7.15. The van der Waals surface area contributed by atoms with Crippen LogP contribution in [0, 0.1) is 5.82 Å². The molecular weight excluding hydrogens is 295 g/mol. The fourth-order valence-electron chi connectivity index (χ4n) is 2.47. The van der Waals surface area contributed by atoms with Gasteiger partial charge in [-0.3, -0.25) is 5.10 Å². The highest BCUT2D eigenvalue weighted by molar-refractivity contribution is 5.62. The molecule has 0 spiro atoms. The Morgan fingerprint density at radius 3 is 2.87 bits per heavy atom. The number of benzene rings is 1. The third kappa shape index (κ3) is 3.62. The Bertz CT molecular complexity index is 746. The number of aromatic nitrogens is 5. The van der Waals surface area contributed by atoms with Crippen LogP contribution in [-0.4, -0.2) is 31.5 Å². The summed E-state index contributed by atoms with van der Waals surface area (Å²) in [5, 5.41) is 18.5. The summed E-state index contributed by atoms with van der Waals surface area (Å²) >= 11 is 0. The Morgan fingerprint density at radius 1 is 1.26 bits per heavy atom. The Balaban J connectivity index is 1.57. The molecular formula is C16H19FN6. The van der Waals surface area contributed by atoms with Crippen molar-refractivity contribution in [3.8, 4) is 11.3 Å².